The van der Waals surface area contributed by atoms with Crippen LogP contribution in [0.1, 0.15) is 120 Å². The molecular weight excluding hydrogens is 634 g/mol. The number of ketones is 2. The molecule has 12 nitrogen and oxygen atoms in total. The molecule has 3 heterocycles. The monoisotopic (exact) mass is 693 g/mol. The Hall–Kier alpha value is -2.12. The highest BCUT2D eigenvalue weighted by Gasteiger charge is 2.30. The van der Waals surface area contributed by atoms with E-state index in [9.17, 15) is 24.0 Å². The summed E-state index contributed by atoms with van der Waals surface area (Å²) in [5.74, 6) is -0.749. The fraction of sp³-hybridized carbons (Fsp3) is 0.853. The standard InChI is InChI=1S/C14H24O4.C12H20O5.C8H15NO2.ClH/c1-5-11(15)12-7-6-10(9-17-12)8-13(16)18-14(2,3)4;1-12(2,3)17-10(13)6-8-4-5-9(11(14)15)16-7-8;1-2-7(10)8-4-3-6(9)5-11-8;/h10,12H,5-9H2,1-4H3;8-9H,4-7H2,1-3H3,(H,14,15);6,8H,2-5,9H2,1H3;1H/t10-,12-;8-,9-;6-,8+;/m001./s1. The number of carboxylic acid groups (broad SMARTS) is 1. The van der Waals surface area contributed by atoms with Gasteiger partial charge in [-0.25, -0.2) is 4.79 Å². The Balaban J connectivity index is 0.000000687. The van der Waals surface area contributed by atoms with Crippen LogP contribution in [0.2, 0.25) is 0 Å². The molecule has 3 saturated heterocycles. The zero-order valence-electron chi connectivity index (χ0n) is 29.7. The van der Waals surface area contributed by atoms with Crippen molar-refractivity contribution in [2.45, 2.75) is 155 Å². The van der Waals surface area contributed by atoms with Crippen molar-refractivity contribution in [3.63, 3.8) is 0 Å². The molecule has 0 amide bonds. The van der Waals surface area contributed by atoms with E-state index < -0.39 is 23.3 Å². The van der Waals surface area contributed by atoms with Gasteiger partial charge in [0.05, 0.1) is 32.7 Å². The number of nitrogens with two attached hydrogens (primary N) is 1. The summed E-state index contributed by atoms with van der Waals surface area (Å²) in [5, 5.41) is 8.74. The summed E-state index contributed by atoms with van der Waals surface area (Å²) in [6, 6.07) is 0.135. The third-order valence-electron chi connectivity index (χ3n) is 7.49. The summed E-state index contributed by atoms with van der Waals surface area (Å²) in [6.07, 6.45) is 5.06. The lowest BCUT2D eigenvalue weighted by molar-refractivity contribution is -0.161. The van der Waals surface area contributed by atoms with E-state index in [2.05, 4.69) is 0 Å². The quantitative estimate of drug-likeness (QED) is 0.310. The number of carboxylic acids is 1. The van der Waals surface area contributed by atoms with E-state index in [0.717, 1.165) is 25.7 Å². The van der Waals surface area contributed by atoms with Crippen molar-refractivity contribution in [1.82, 2.24) is 0 Å². The number of halogens is 1. The molecule has 6 atom stereocenters. The number of rotatable bonds is 9. The second kappa shape index (κ2) is 21.8. The van der Waals surface area contributed by atoms with Crippen LogP contribution in [0.15, 0.2) is 0 Å². The third-order valence-corrected chi connectivity index (χ3v) is 7.49. The Morgan fingerprint density at radius 2 is 1.00 bits per heavy atom. The SMILES string of the molecule is CC(C)(C)OC(=O)C[C@@H]1CC[C@@H](C(=O)O)OC1.CCC(=O)[C@@H]1CC[C@@H](CC(=O)OC(C)(C)C)CO1.CCC(=O)[C@@H]1CC[C@@H](N)CO1.Cl. The van der Waals surface area contributed by atoms with E-state index >= 15 is 0 Å². The molecule has 0 unspecified atom stereocenters. The van der Waals surface area contributed by atoms with Gasteiger partial charge in [0.1, 0.15) is 23.4 Å². The fourth-order valence-electron chi connectivity index (χ4n) is 5.10. The van der Waals surface area contributed by atoms with Crippen LogP contribution >= 0.6 is 12.4 Å². The van der Waals surface area contributed by atoms with Gasteiger partial charge < -0.3 is 34.5 Å². The molecule has 3 fully saturated rings. The fourth-order valence-corrected chi connectivity index (χ4v) is 5.10. The van der Waals surface area contributed by atoms with Crippen molar-refractivity contribution in [2.75, 3.05) is 19.8 Å². The predicted octanol–water partition coefficient (Wildman–Crippen LogP) is 4.98. The van der Waals surface area contributed by atoms with Gasteiger partial charge in [-0.2, -0.15) is 0 Å². The Kier molecular flexibility index (Phi) is 20.8. The molecular formula is C34H60ClNO11. The summed E-state index contributed by atoms with van der Waals surface area (Å²) in [7, 11) is 0. The highest BCUT2D eigenvalue weighted by Crippen LogP contribution is 2.25. The van der Waals surface area contributed by atoms with Gasteiger partial charge in [0, 0.05) is 18.9 Å². The van der Waals surface area contributed by atoms with E-state index in [4.69, 9.17) is 34.5 Å². The van der Waals surface area contributed by atoms with Gasteiger partial charge in [0.2, 0.25) is 0 Å². The molecule has 0 saturated carbocycles. The first-order valence-electron chi connectivity index (χ1n) is 16.7. The molecule has 3 rings (SSSR count). The number of esters is 2. The van der Waals surface area contributed by atoms with Crippen LogP contribution in [0.5, 0.6) is 0 Å². The Labute approximate surface area is 286 Å². The minimum atomic E-state index is -0.930. The summed E-state index contributed by atoms with van der Waals surface area (Å²) in [5.41, 5.74) is 4.69. The molecule has 0 aliphatic carbocycles. The first kappa shape index (κ1) is 44.9. The van der Waals surface area contributed by atoms with Crippen LogP contribution in [-0.4, -0.2) is 90.0 Å². The molecule has 3 aliphatic heterocycles. The van der Waals surface area contributed by atoms with Crippen molar-refractivity contribution < 1.29 is 52.8 Å². The van der Waals surface area contributed by atoms with Gasteiger partial charge in [-0.1, -0.05) is 13.8 Å². The molecule has 0 bridgehead atoms. The van der Waals surface area contributed by atoms with Gasteiger partial charge in [0.25, 0.3) is 0 Å². The number of carbonyl (C=O) groups excluding carboxylic acids is 4. The largest absolute Gasteiger partial charge is 0.479 e. The third kappa shape index (κ3) is 20.1. The number of carbonyl (C=O) groups is 5. The lowest BCUT2D eigenvalue weighted by atomic mass is 9.93. The smallest absolute Gasteiger partial charge is 0.332 e. The van der Waals surface area contributed by atoms with Crippen LogP contribution < -0.4 is 5.73 Å². The Morgan fingerprint density at radius 1 is 0.638 bits per heavy atom. The van der Waals surface area contributed by atoms with Crippen LogP contribution in [0.4, 0.5) is 0 Å². The van der Waals surface area contributed by atoms with Crippen molar-refractivity contribution in [3.05, 3.63) is 0 Å². The van der Waals surface area contributed by atoms with Crippen molar-refractivity contribution in [2.24, 2.45) is 17.6 Å². The maximum Gasteiger partial charge on any atom is 0.332 e. The van der Waals surface area contributed by atoms with E-state index in [1.54, 1.807) is 0 Å². The molecule has 47 heavy (non-hydrogen) atoms. The van der Waals surface area contributed by atoms with E-state index in [1.165, 1.54) is 0 Å². The van der Waals surface area contributed by atoms with E-state index in [-0.39, 0.29) is 66.0 Å². The van der Waals surface area contributed by atoms with Gasteiger partial charge >= 0.3 is 17.9 Å². The minimum absolute atomic E-state index is 0. The number of ether oxygens (including phenoxy) is 5. The molecule has 0 aromatic heterocycles. The molecule has 0 aromatic carbocycles. The molecule has 274 valence electrons. The minimum Gasteiger partial charge on any atom is -0.479 e. The van der Waals surface area contributed by atoms with Gasteiger partial charge in [-0.05, 0) is 91.9 Å². The predicted molar refractivity (Wildman–Crippen MR) is 178 cm³/mol. The maximum atomic E-state index is 11.7. The van der Waals surface area contributed by atoms with Crippen molar-refractivity contribution in [1.29, 1.82) is 0 Å². The summed E-state index contributed by atoms with van der Waals surface area (Å²) in [6.45, 7) is 16.1. The highest BCUT2D eigenvalue weighted by atomic mass is 35.5. The molecule has 3 aliphatic rings. The normalized spacial score (nSPS) is 26.1. The number of hydrogen-bond acceptors (Lipinski definition) is 11. The number of hydrogen-bond donors (Lipinski definition) is 2. The maximum absolute atomic E-state index is 11.7. The van der Waals surface area contributed by atoms with E-state index in [1.807, 2.05) is 55.4 Å². The lowest BCUT2D eigenvalue weighted by Crippen LogP contribution is -2.38. The van der Waals surface area contributed by atoms with Crippen molar-refractivity contribution in [3.8, 4) is 0 Å². The molecule has 13 heteroatoms. The molecule has 0 spiro atoms. The van der Waals surface area contributed by atoms with Crippen molar-refractivity contribution >= 4 is 41.9 Å². The summed E-state index contributed by atoms with van der Waals surface area (Å²) in [4.78, 5) is 56.4. The number of aliphatic carboxylic acids is 1. The second-order valence-corrected chi connectivity index (χ2v) is 14.2. The average Bonchev–Trinajstić information content (AvgIpc) is 2.96. The molecule has 3 N–H and O–H groups in total. The van der Waals surface area contributed by atoms with Crippen LogP contribution in [0.25, 0.3) is 0 Å². The van der Waals surface area contributed by atoms with Gasteiger partial charge in [-0.3, -0.25) is 19.2 Å². The summed E-state index contributed by atoms with van der Waals surface area (Å²) < 4.78 is 26.4. The van der Waals surface area contributed by atoms with Gasteiger partial charge in [0.15, 0.2) is 17.7 Å². The molecule has 0 aromatic rings. The number of Topliss-reactive ketones (excluding diaryl/α,β-unsaturated/α-hetero) is 2. The Bertz CT molecular complexity index is 968. The topological polar surface area (TPSA) is 178 Å². The van der Waals surface area contributed by atoms with Crippen LogP contribution in [-0.2, 0) is 47.7 Å². The highest BCUT2D eigenvalue weighted by molar-refractivity contribution is 5.85. The Morgan fingerprint density at radius 3 is 1.28 bits per heavy atom. The zero-order chi connectivity index (χ0) is 35.1. The van der Waals surface area contributed by atoms with Crippen LogP contribution in [0, 0.1) is 11.8 Å². The lowest BCUT2D eigenvalue weighted by Gasteiger charge is -2.28. The molecule has 0 radical (unpaired) electrons. The van der Waals surface area contributed by atoms with Crippen LogP contribution in [0.3, 0.4) is 0 Å². The zero-order valence-corrected chi connectivity index (χ0v) is 30.5. The first-order chi connectivity index (χ1) is 21.3. The first-order valence-corrected chi connectivity index (χ1v) is 16.7. The van der Waals surface area contributed by atoms with E-state index in [0.29, 0.717) is 58.3 Å². The second-order valence-electron chi connectivity index (χ2n) is 14.2. The summed E-state index contributed by atoms with van der Waals surface area (Å²) >= 11 is 0. The average molecular weight is 694 g/mol. The van der Waals surface area contributed by atoms with Gasteiger partial charge in [-0.15, -0.1) is 12.4 Å².